The number of aromatic nitrogens is 2. The molecule has 0 aromatic carbocycles. The van der Waals surface area contributed by atoms with E-state index >= 15 is 0 Å². The predicted octanol–water partition coefficient (Wildman–Crippen LogP) is 1.82. The number of hydrogen-bond acceptors (Lipinski definition) is 3. The summed E-state index contributed by atoms with van der Waals surface area (Å²) < 4.78 is 2.09. The number of imidazole rings is 1. The van der Waals surface area contributed by atoms with Crippen molar-refractivity contribution in [2.45, 2.75) is 32.2 Å². The summed E-state index contributed by atoms with van der Waals surface area (Å²) in [6, 6.07) is 4.10. The molecule has 3 rings (SSSR count). The van der Waals surface area contributed by atoms with Gasteiger partial charge in [-0.2, -0.15) is 0 Å². The third kappa shape index (κ3) is 2.96. The molecule has 0 aliphatic carbocycles. The van der Waals surface area contributed by atoms with Crippen LogP contribution in [0.4, 0.5) is 0 Å². The maximum absolute atomic E-state index is 5.66. The minimum absolute atomic E-state index is 0.581. The van der Waals surface area contributed by atoms with Gasteiger partial charge in [0.15, 0.2) is 0 Å². The van der Waals surface area contributed by atoms with Crippen LogP contribution in [-0.2, 0) is 13.0 Å². The van der Waals surface area contributed by atoms with Crippen molar-refractivity contribution in [2.24, 2.45) is 5.73 Å². The van der Waals surface area contributed by atoms with Crippen LogP contribution in [0.15, 0.2) is 24.5 Å². The highest BCUT2D eigenvalue weighted by Gasteiger charge is 2.10. The fraction of sp³-hybridized carbons (Fsp3) is 0.533. The first-order chi connectivity index (χ1) is 9.35. The van der Waals surface area contributed by atoms with Crippen molar-refractivity contribution >= 4 is 5.65 Å². The number of rotatable bonds is 4. The molecule has 2 N–H and O–H groups in total. The number of pyridine rings is 1. The molecule has 1 aliphatic rings. The highest BCUT2D eigenvalue weighted by molar-refractivity contribution is 5.41. The van der Waals surface area contributed by atoms with Gasteiger partial charge in [-0.1, -0.05) is 12.5 Å². The van der Waals surface area contributed by atoms with Gasteiger partial charge in [-0.15, -0.1) is 0 Å². The Hall–Kier alpha value is -1.39. The Labute approximate surface area is 114 Å². The number of hydrogen-bond donors (Lipinski definition) is 1. The summed E-state index contributed by atoms with van der Waals surface area (Å²) in [5.41, 5.74) is 9.01. The molecule has 2 aromatic rings. The number of fused-ring (bicyclic) bond motifs is 1. The van der Waals surface area contributed by atoms with Crippen LogP contribution in [0.1, 0.15) is 30.5 Å². The van der Waals surface area contributed by atoms with Crippen LogP contribution in [0.5, 0.6) is 0 Å². The van der Waals surface area contributed by atoms with Gasteiger partial charge in [0.1, 0.15) is 5.65 Å². The molecular formula is C15H22N4. The summed E-state index contributed by atoms with van der Waals surface area (Å²) in [6.45, 7) is 4.22. The van der Waals surface area contributed by atoms with E-state index in [0.717, 1.165) is 24.2 Å². The van der Waals surface area contributed by atoms with E-state index in [2.05, 4.69) is 32.7 Å². The summed E-state index contributed by atoms with van der Waals surface area (Å²) in [5.74, 6) is 0. The molecule has 0 unspecified atom stereocenters. The topological polar surface area (TPSA) is 46.6 Å². The van der Waals surface area contributed by atoms with Gasteiger partial charge in [0.2, 0.25) is 0 Å². The van der Waals surface area contributed by atoms with Crippen molar-refractivity contribution in [3.05, 3.63) is 35.8 Å². The van der Waals surface area contributed by atoms with Gasteiger partial charge in [0.25, 0.3) is 0 Å². The second-order valence-corrected chi connectivity index (χ2v) is 5.39. The number of likely N-dealkylation sites (tertiary alicyclic amines) is 1. The van der Waals surface area contributed by atoms with E-state index in [0.29, 0.717) is 6.54 Å². The lowest BCUT2D eigenvalue weighted by Crippen LogP contribution is -2.31. The first-order valence-corrected chi connectivity index (χ1v) is 7.24. The second kappa shape index (κ2) is 5.72. The van der Waals surface area contributed by atoms with E-state index < -0.39 is 0 Å². The number of nitrogens with two attached hydrogens (primary N) is 1. The minimum Gasteiger partial charge on any atom is -0.326 e. The number of nitrogens with zero attached hydrogens (tertiary/aromatic N) is 3. The van der Waals surface area contributed by atoms with Gasteiger partial charge in [0, 0.05) is 31.9 Å². The van der Waals surface area contributed by atoms with Gasteiger partial charge in [-0.25, -0.2) is 4.98 Å². The molecule has 0 saturated carbocycles. The average molecular weight is 258 g/mol. The van der Waals surface area contributed by atoms with E-state index in [-0.39, 0.29) is 0 Å². The summed E-state index contributed by atoms with van der Waals surface area (Å²) in [5, 5.41) is 0. The molecule has 3 heterocycles. The Bertz CT molecular complexity index is 540. The van der Waals surface area contributed by atoms with Gasteiger partial charge >= 0.3 is 0 Å². The molecule has 0 amide bonds. The normalized spacial score (nSPS) is 17.1. The number of piperidine rings is 1. The maximum atomic E-state index is 5.66. The molecular weight excluding hydrogens is 236 g/mol. The van der Waals surface area contributed by atoms with Gasteiger partial charge in [-0.3, -0.25) is 0 Å². The fourth-order valence-corrected chi connectivity index (χ4v) is 2.79. The first-order valence-electron chi connectivity index (χ1n) is 7.24. The van der Waals surface area contributed by atoms with Crippen molar-refractivity contribution in [3.8, 4) is 0 Å². The summed E-state index contributed by atoms with van der Waals surface area (Å²) in [4.78, 5) is 7.22. The van der Waals surface area contributed by atoms with E-state index in [4.69, 9.17) is 5.73 Å². The van der Waals surface area contributed by atoms with Crippen LogP contribution in [0, 0.1) is 0 Å². The smallest absolute Gasteiger partial charge is 0.136 e. The zero-order valence-corrected chi connectivity index (χ0v) is 11.4. The van der Waals surface area contributed by atoms with Gasteiger partial charge < -0.3 is 15.0 Å². The largest absolute Gasteiger partial charge is 0.326 e. The van der Waals surface area contributed by atoms with Crippen LogP contribution < -0.4 is 5.73 Å². The van der Waals surface area contributed by atoms with E-state index in [1.165, 1.54) is 38.0 Å². The highest BCUT2D eigenvalue weighted by atomic mass is 15.1. The molecule has 1 aliphatic heterocycles. The molecule has 4 nitrogen and oxygen atoms in total. The molecule has 1 saturated heterocycles. The predicted molar refractivity (Wildman–Crippen MR) is 77.1 cm³/mol. The monoisotopic (exact) mass is 258 g/mol. The van der Waals surface area contributed by atoms with Crippen LogP contribution in [-0.4, -0.2) is 33.9 Å². The highest BCUT2D eigenvalue weighted by Crippen LogP contribution is 2.11. The van der Waals surface area contributed by atoms with Crippen LogP contribution >= 0.6 is 0 Å². The Balaban J connectivity index is 1.67. The fourth-order valence-electron chi connectivity index (χ4n) is 2.79. The molecule has 0 atom stereocenters. The minimum atomic E-state index is 0.581. The molecule has 1 fully saturated rings. The SMILES string of the molecule is NCc1ccc2nc(CCN3CCCCC3)cn2c1. The van der Waals surface area contributed by atoms with E-state index in [1.807, 2.05) is 6.07 Å². The summed E-state index contributed by atoms with van der Waals surface area (Å²) in [7, 11) is 0. The zero-order valence-electron chi connectivity index (χ0n) is 11.4. The van der Waals surface area contributed by atoms with E-state index in [1.54, 1.807) is 0 Å². The molecule has 4 heteroatoms. The van der Waals surface area contributed by atoms with Crippen molar-refractivity contribution < 1.29 is 0 Å². The lowest BCUT2D eigenvalue weighted by Gasteiger charge is -2.25. The first kappa shape index (κ1) is 12.6. The Morgan fingerprint density at radius 1 is 1.11 bits per heavy atom. The zero-order chi connectivity index (χ0) is 13.1. The molecule has 102 valence electrons. The van der Waals surface area contributed by atoms with Gasteiger partial charge in [-0.05, 0) is 37.6 Å². The van der Waals surface area contributed by atoms with E-state index in [9.17, 15) is 0 Å². The molecule has 0 spiro atoms. The maximum Gasteiger partial charge on any atom is 0.136 e. The average Bonchev–Trinajstić information content (AvgIpc) is 2.88. The molecule has 2 aromatic heterocycles. The standard InChI is InChI=1S/C15H22N4/c16-10-13-4-5-15-17-14(12-19(15)11-13)6-9-18-7-2-1-3-8-18/h4-5,11-12H,1-3,6-10,16H2. The quantitative estimate of drug-likeness (QED) is 0.910. The van der Waals surface area contributed by atoms with Crippen molar-refractivity contribution in [1.82, 2.24) is 14.3 Å². The summed E-state index contributed by atoms with van der Waals surface area (Å²) in [6.07, 6.45) is 9.35. The third-order valence-corrected chi connectivity index (χ3v) is 3.93. The van der Waals surface area contributed by atoms with Crippen molar-refractivity contribution in [1.29, 1.82) is 0 Å². The van der Waals surface area contributed by atoms with Crippen LogP contribution in [0.25, 0.3) is 5.65 Å². The van der Waals surface area contributed by atoms with Gasteiger partial charge in [0.05, 0.1) is 5.69 Å². The lowest BCUT2D eigenvalue weighted by atomic mass is 10.1. The van der Waals surface area contributed by atoms with Crippen molar-refractivity contribution in [3.63, 3.8) is 0 Å². The molecule has 0 radical (unpaired) electrons. The van der Waals surface area contributed by atoms with Crippen LogP contribution in [0.3, 0.4) is 0 Å². The lowest BCUT2D eigenvalue weighted by molar-refractivity contribution is 0.231. The summed E-state index contributed by atoms with van der Waals surface area (Å²) >= 11 is 0. The second-order valence-electron chi connectivity index (χ2n) is 5.39. The molecule has 0 bridgehead atoms. The Morgan fingerprint density at radius 3 is 2.74 bits per heavy atom. The van der Waals surface area contributed by atoms with Crippen molar-refractivity contribution in [2.75, 3.05) is 19.6 Å². The Morgan fingerprint density at radius 2 is 1.95 bits per heavy atom. The Kier molecular flexibility index (Phi) is 3.80. The van der Waals surface area contributed by atoms with Crippen LogP contribution in [0.2, 0.25) is 0 Å². The third-order valence-electron chi connectivity index (χ3n) is 3.93. The molecule has 19 heavy (non-hydrogen) atoms.